The van der Waals surface area contributed by atoms with Gasteiger partial charge in [-0.05, 0) is 12.1 Å². The monoisotopic (exact) mass is 186 g/mol. The molecule has 0 fully saturated rings. The van der Waals surface area contributed by atoms with E-state index in [0.717, 1.165) is 0 Å². The van der Waals surface area contributed by atoms with Gasteiger partial charge in [-0.1, -0.05) is 5.46 Å². The minimum atomic E-state index is -0.201. The van der Waals surface area contributed by atoms with E-state index in [1.807, 2.05) is 0 Å². The number of hydrogen-bond acceptors (Lipinski definition) is 3. The van der Waals surface area contributed by atoms with Gasteiger partial charge in [-0.25, -0.2) is 4.98 Å². The first-order valence-corrected chi connectivity index (χ1v) is 4.03. The SMILES string of the molecule is [B]c1cc2nc[nH]c(=O)c2cc1OC. The number of H-pyrrole nitrogens is 1. The minimum Gasteiger partial charge on any atom is -0.497 e. The predicted octanol–water partition coefficient (Wildman–Crippen LogP) is -0.275. The van der Waals surface area contributed by atoms with Crippen LogP contribution in [-0.2, 0) is 0 Å². The lowest BCUT2D eigenvalue weighted by Gasteiger charge is -2.05. The summed E-state index contributed by atoms with van der Waals surface area (Å²) in [5.41, 5.74) is 0.832. The standard InChI is InChI=1S/C9H7BN2O2/c1-14-8-2-5-7(3-6(8)10)11-4-12-9(5)13/h2-4H,1H3,(H,11,12,13). The first-order chi connectivity index (χ1) is 6.72. The normalized spacial score (nSPS) is 10.4. The maximum atomic E-state index is 11.4. The van der Waals surface area contributed by atoms with Crippen molar-refractivity contribution in [1.82, 2.24) is 9.97 Å². The predicted molar refractivity (Wildman–Crippen MR) is 54.3 cm³/mol. The molecule has 1 heterocycles. The maximum absolute atomic E-state index is 11.4. The van der Waals surface area contributed by atoms with Crippen molar-refractivity contribution >= 4 is 24.2 Å². The van der Waals surface area contributed by atoms with Gasteiger partial charge < -0.3 is 9.72 Å². The molecule has 1 aromatic heterocycles. The highest BCUT2D eigenvalue weighted by atomic mass is 16.5. The van der Waals surface area contributed by atoms with Gasteiger partial charge in [0.15, 0.2) is 0 Å². The first kappa shape index (κ1) is 8.81. The number of hydrogen-bond donors (Lipinski definition) is 1. The van der Waals surface area contributed by atoms with Crippen molar-refractivity contribution in [3.63, 3.8) is 0 Å². The molecule has 2 aromatic rings. The second-order valence-corrected chi connectivity index (χ2v) is 2.84. The number of aromatic nitrogens is 2. The van der Waals surface area contributed by atoms with Gasteiger partial charge in [0, 0.05) is 0 Å². The lowest BCUT2D eigenvalue weighted by atomic mass is 9.94. The second-order valence-electron chi connectivity index (χ2n) is 2.84. The third-order valence-electron chi connectivity index (χ3n) is 1.99. The Balaban J connectivity index is 2.87. The fourth-order valence-corrected chi connectivity index (χ4v) is 1.29. The molecule has 1 aromatic carbocycles. The molecular weight excluding hydrogens is 179 g/mol. The second kappa shape index (κ2) is 3.18. The van der Waals surface area contributed by atoms with Crippen LogP contribution in [0.3, 0.4) is 0 Å². The Bertz CT molecular complexity index is 536. The van der Waals surface area contributed by atoms with E-state index in [2.05, 4.69) is 9.97 Å². The van der Waals surface area contributed by atoms with Crippen LogP contribution in [0.15, 0.2) is 23.3 Å². The maximum Gasteiger partial charge on any atom is 0.258 e. The van der Waals surface area contributed by atoms with E-state index in [4.69, 9.17) is 12.6 Å². The molecule has 14 heavy (non-hydrogen) atoms. The van der Waals surface area contributed by atoms with Crippen LogP contribution in [0, 0.1) is 0 Å². The van der Waals surface area contributed by atoms with Crippen LogP contribution in [0.2, 0.25) is 0 Å². The Morgan fingerprint density at radius 3 is 3.00 bits per heavy atom. The molecule has 0 amide bonds. The number of fused-ring (bicyclic) bond motifs is 1. The Morgan fingerprint density at radius 1 is 1.50 bits per heavy atom. The van der Waals surface area contributed by atoms with E-state index in [0.29, 0.717) is 22.1 Å². The summed E-state index contributed by atoms with van der Waals surface area (Å²) in [5, 5.41) is 0.471. The topological polar surface area (TPSA) is 55.0 Å². The largest absolute Gasteiger partial charge is 0.497 e. The molecule has 0 aliphatic carbocycles. The lowest BCUT2D eigenvalue weighted by molar-refractivity contribution is 0.419. The van der Waals surface area contributed by atoms with Crippen molar-refractivity contribution in [3.8, 4) is 5.75 Å². The zero-order valence-corrected chi connectivity index (χ0v) is 7.57. The molecule has 0 aliphatic heterocycles. The molecule has 2 rings (SSSR count). The molecule has 2 radical (unpaired) electrons. The Hall–Kier alpha value is -1.78. The van der Waals surface area contributed by atoms with Gasteiger partial charge in [-0.15, -0.1) is 0 Å². The zero-order valence-electron chi connectivity index (χ0n) is 7.57. The Labute approximate surface area is 81.3 Å². The smallest absolute Gasteiger partial charge is 0.258 e. The van der Waals surface area contributed by atoms with E-state index in [1.165, 1.54) is 13.4 Å². The summed E-state index contributed by atoms with van der Waals surface area (Å²) in [6.45, 7) is 0. The van der Waals surface area contributed by atoms with E-state index >= 15 is 0 Å². The highest BCUT2D eigenvalue weighted by molar-refractivity contribution is 6.35. The number of benzene rings is 1. The molecule has 0 aliphatic rings. The van der Waals surface area contributed by atoms with Crippen molar-refractivity contribution in [3.05, 3.63) is 28.8 Å². The number of rotatable bonds is 1. The number of ether oxygens (including phenoxy) is 1. The van der Waals surface area contributed by atoms with Gasteiger partial charge in [0.2, 0.25) is 0 Å². The molecule has 4 nitrogen and oxygen atoms in total. The highest BCUT2D eigenvalue weighted by Crippen LogP contribution is 2.12. The molecule has 0 atom stereocenters. The molecule has 68 valence electrons. The van der Waals surface area contributed by atoms with Gasteiger partial charge >= 0.3 is 0 Å². The van der Waals surface area contributed by atoms with E-state index < -0.39 is 0 Å². The summed E-state index contributed by atoms with van der Waals surface area (Å²) in [5.74, 6) is 0.482. The van der Waals surface area contributed by atoms with Crippen molar-refractivity contribution in [2.24, 2.45) is 0 Å². The number of nitrogens with zero attached hydrogens (tertiary/aromatic N) is 1. The van der Waals surface area contributed by atoms with Crippen LogP contribution >= 0.6 is 0 Å². The molecule has 0 spiro atoms. The van der Waals surface area contributed by atoms with E-state index in [1.54, 1.807) is 12.1 Å². The van der Waals surface area contributed by atoms with Gasteiger partial charge in [0.25, 0.3) is 5.56 Å². The Kier molecular flexibility index (Phi) is 2.00. The molecule has 0 bridgehead atoms. The molecule has 0 unspecified atom stereocenters. The first-order valence-electron chi connectivity index (χ1n) is 4.03. The summed E-state index contributed by atoms with van der Waals surface area (Å²) in [7, 11) is 7.17. The molecule has 0 saturated carbocycles. The number of aromatic amines is 1. The summed E-state index contributed by atoms with van der Waals surface area (Å²) in [6.07, 6.45) is 1.34. The summed E-state index contributed by atoms with van der Waals surface area (Å²) >= 11 is 0. The molecular formula is C9H7BN2O2. The minimum absolute atomic E-state index is 0.201. The zero-order chi connectivity index (χ0) is 10.1. The van der Waals surface area contributed by atoms with E-state index in [9.17, 15) is 4.79 Å². The fourth-order valence-electron chi connectivity index (χ4n) is 1.29. The molecule has 1 N–H and O–H groups in total. The summed E-state index contributed by atoms with van der Waals surface area (Å²) in [6, 6.07) is 3.19. The van der Waals surface area contributed by atoms with Crippen LogP contribution in [0.5, 0.6) is 5.75 Å². The van der Waals surface area contributed by atoms with Gasteiger partial charge in [-0.2, -0.15) is 0 Å². The fraction of sp³-hybridized carbons (Fsp3) is 0.111. The quantitative estimate of drug-likeness (QED) is 0.623. The van der Waals surface area contributed by atoms with Crippen LogP contribution < -0.4 is 15.8 Å². The van der Waals surface area contributed by atoms with Crippen LogP contribution in [0.25, 0.3) is 10.9 Å². The van der Waals surface area contributed by atoms with Crippen LogP contribution in [-0.4, -0.2) is 24.9 Å². The van der Waals surface area contributed by atoms with Gasteiger partial charge in [-0.3, -0.25) is 4.79 Å². The Morgan fingerprint density at radius 2 is 2.29 bits per heavy atom. The highest BCUT2D eigenvalue weighted by Gasteiger charge is 2.04. The van der Waals surface area contributed by atoms with Crippen LogP contribution in [0.1, 0.15) is 0 Å². The summed E-state index contributed by atoms with van der Waals surface area (Å²) in [4.78, 5) is 17.8. The molecule has 0 saturated heterocycles. The third-order valence-corrected chi connectivity index (χ3v) is 1.99. The average molecular weight is 186 g/mol. The van der Waals surface area contributed by atoms with Gasteiger partial charge in [0.1, 0.15) is 13.6 Å². The van der Waals surface area contributed by atoms with E-state index in [-0.39, 0.29) is 5.56 Å². The third kappa shape index (κ3) is 1.27. The van der Waals surface area contributed by atoms with Crippen molar-refractivity contribution in [2.75, 3.05) is 7.11 Å². The number of nitrogens with one attached hydrogen (secondary N) is 1. The molecule has 5 heteroatoms. The summed E-state index contributed by atoms with van der Waals surface area (Å²) < 4.78 is 5.00. The van der Waals surface area contributed by atoms with Crippen molar-refractivity contribution in [1.29, 1.82) is 0 Å². The van der Waals surface area contributed by atoms with Gasteiger partial charge in [0.05, 0.1) is 24.3 Å². The van der Waals surface area contributed by atoms with Crippen LogP contribution in [0.4, 0.5) is 0 Å². The van der Waals surface area contributed by atoms with Crippen molar-refractivity contribution in [2.45, 2.75) is 0 Å². The number of methoxy groups -OCH3 is 1. The van der Waals surface area contributed by atoms with Crippen molar-refractivity contribution < 1.29 is 4.74 Å². The lowest BCUT2D eigenvalue weighted by Crippen LogP contribution is -2.12. The average Bonchev–Trinajstić information content (AvgIpc) is 2.17.